The molecule has 2 aromatic heterocycles. The fourth-order valence-electron chi connectivity index (χ4n) is 1.91. The number of carbonyl (C=O) groups is 1. The van der Waals surface area contributed by atoms with Crippen LogP contribution in [0.3, 0.4) is 0 Å². The summed E-state index contributed by atoms with van der Waals surface area (Å²) in [6, 6.07) is 10.3. The van der Waals surface area contributed by atoms with Crippen LogP contribution in [0, 0.1) is 0 Å². The fraction of sp³-hybridized carbons (Fsp3) is 0.0714. The topological polar surface area (TPSA) is 59.3 Å². The number of rotatable bonds is 3. The number of benzene rings is 1. The van der Waals surface area contributed by atoms with Gasteiger partial charge < -0.3 is 5.32 Å². The molecule has 0 aliphatic carbocycles. The predicted octanol–water partition coefficient (Wildman–Crippen LogP) is 2.97. The summed E-state index contributed by atoms with van der Waals surface area (Å²) in [5.41, 5.74) is 1.18. The summed E-state index contributed by atoms with van der Waals surface area (Å²) in [7, 11) is 0. The third-order valence-corrected chi connectivity index (χ3v) is 3.71. The normalized spacial score (nSPS) is 10.8. The van der Waals surface area contributed by atoms with Gasteiger partial charge in [-0.1, -0.05) is 29.3 Å². The van der Waals surface area contributed by atoms with E-state index >= 15 is 0 Å². The average Bonchev–Trinajstić information content (AvgIpc) is 2.91. The highest BCUT2D eigenvalue weighted by Crippen LogP contribution is 2.22. The molecule has 7 heteroatoms. The quantitative estimate of drug-likeness (QED) is 0.807. The number of halogens is 2. The first kappa shape index (κ1) is 13.9. The Hall–Kier alpha value is -2.11. The Kier molecular flexibility index (Phi) is 3.77. The van der Waals surface area contributed by atoms with Crippen LogP contribution in [-0.4, -0.2) is 20.5 Å². The number of aromatic nitrogens is 3. The van der Waals surface area contributed by atoms with E-state index in [1.807, 2.05) is 28.8 Å². The van der Waals surface area contributed by atoms with E-state index in [1.54, 1.807) is 12.1 Å². The minimum atomic E-state index is -0.249. The molecule has 0 aliphatic rings. The molecule has 0 fully saturated rings. The van der Waals surface area contributed by atoms with E-state index in [9.17, 15) is 4.79 Å². The molecule has 0 saturated heterocycles. The summed E-state index contributed by atoms with van der Waals surface area (Å²) in [6.07, 6.45) is 1.84. The molecule has 0 atom stereocenters. The second-order valence-corrected chi connectivity index (χ2v) is 5.17. The number of carbonyl (C=O) groups excluding carboxylic acids is 1. The van der Waals surface area contributed by atoms with Gasteiger partial charge in [-0.25, -0.2) is 0 Å². The molecule has 106 valence electrons. The molecule has 0 unspecified atom stereocenters. The zero-order valence-corrected chi connectivity index (χ0v) is 12.3. The third-order valence-electron chi connectivity index (χ3n) is 2.97. The maximum atomic E-state index is 12.1. The molecule has 0 bridgehead atoms. The smallest absolute Gasteiger partial charge is 0.251 e. The summed E-state index contributed by atoms with van der Waals surface area (Å²) < 4.78 is 1.81. The number of hydrogen-bond acceptors (Lipinski definition) is 3. The molecular weight excluding hydrogens is 311 g/mol. The molecule has 1 amide bonds. The number of pyridine rings is 1. The van der Waals surface area contributed by atoms with Crippen LogP contribution in [0.4, 0.5) is 0 Å². The zero-order valence-electron chi connectivity index (χ0n) is 10.8. The summed E-state index contributed by atoms with van der Waals surface area (Å²) in [5.74, 6) is 0.403. The molecule has 0 spiro atoms. The molecule has 3 rings (SSSR count). The van der Waals surface area contributed by atoms with Gasteiger partial charge in [0.2, 0.25) is 0 Å². The van der Waals surface area contributed by atoms with Gasteiger partial charge >= 0.3 is 0 Å². The first-order valence-corrected chi connectivity index (χ1v) is 6.92. The second-order valence-electron chi connectivity index (χ2n) is 4.36. The van der Waals surface area contributed by atoms with E-state index in [0.29, 0.717) is 21.4 Å². The van der Waals surface area contributed by atoms with Gasteiger partial charge in [-0.3, -0.25) is 9.20 Å². The second kappa shape index (κ2) is 5.71. The van der Waals surface area contributed by atoms with Crippen molar-refractivity contribution in [1.82, 2.24) is 19.9 Å². The Bertz CT molecular complexity index is 816. The fourth-order valence-corrected chi connectivity index (χ4v) is 2.21. The Morgan fingerprint density at radius 2 is 2.00 bits per heavy atom. The molecule has 0 saturated carbocycles. The highest BCUT2D eigenvalue weighted by molar-refractivity contribution is 6.42. The highest BCUT2D eigenvalue weighted by Gasteiger charge is 2.10. The van der Waals surface area contributed by atoms with Crippen LogP contribution < -0.4 is 5.32 Å². The Morgan fingerprint density at radius 1 is 1.14 bits per heavy atom. The van der Waals surface area contributed by atoms with Crippen LogP contribution in [0.25, 0.3) is 5.65 Å². The number of amides is 1. The maximum absolute atomic E-state index is 12.1. The lowest BCUT2D eigenvalue weighted by Gasteiger charge is -2.05. The highest BCUT2D eigenvalue weighted by atomic mass is 35.5. The maximum Gasteiger partial charge on any atom is 0.251 e. The molecule has 0 radical (unpaired) electrons. The van der Waals surface area contributed by atoms with Gasteiger partial charge in [0.05, 0.1) is 16.6 Å². The average molecular weight is 321 g/mol. The van der Waals surface area contributed by atoms with Gasteiger partial charge in [0.15, 0.2) is 11.5 Å². The van der Waals surface area contributed by atoms with Crippen molar-refractivity contribution >= 4 is 34.8 Å². The van der Waals surface area contributed by atoms with Crippen molar-refractivity contribution in [3.8, 4) is 0 Å². The van der Waals surface area contributed by atoms with Crippen LogP contribution in [0.5, 0.6) is 0 Å². The Labute approximate surface area is 130 Å². The van der Waals surface area contributed by atoms with E-state index in [0.717, 1.165) is 5.65 Å². The molecule has 3 aromatic rings. The van der Waals surface area contributed by atoms with Gasteiger partial charge in [-0.15, -0.1) is 10.2 Å². The third kappa shape index (κ3) is 2.84. The largest absolute Gasteiger partial charge is 0.345 e. The number of nitrogens with one attached hydrogen (secondary N) is 1. The van der Waals surface area contributed by atoms with Crippen molar-refractivity contribution in [1.29, 1.82) is 0 Å². The first-order valence-electron chi connectivity index (χ1n) is 6.17. The van der Waals surface area contributed by atoms with Gasteiger partial charge in [0, 0.05) is 11.8 Å². The van der Waals surface area contributed by atoms with E-state index in [1.165, 1.54) is 6.07 Å². The summed E-state index contributed by atoms with van der Waals surface area (Å²) in [6.45, 7) is 0.268. The van der Waals surface area contributed by atoms with Gasteiger partial charge in [0.25, 0.3) is 5.91 Å². The van der Waals surface area contributed by atoms with Crippen molar-refractivity contribution in [2.45, 2.75) is 6.54 Å². The molecule has 1 N–H and O–H groups in total. The van der Waals surface area contributed by atoms with E-state index in [-0.39, 0.29) is 12.5 Å². The van der Waals surface area contributed by atoms with Crippen LogP contribution in [0.2, 0.25) is 10.0 Å². The number of nitrogens with zero attached hydrogens (tertiary/aromatic N) is 3. The SMILES string of the molecule is O=C(NCc1nnc2ccccn12)c1ccc(Cl)c(Cl)c1. The Morgan fingerprint density at radius 3 is 2.81 bits per heavy atom. The Balaban J connectivity index is 1.75. The number of fused-ring (bicyclic) bond motifs is 1. The molecule has 1 aromatic carbocycles. The lowest BCUT2D eigenvalue weighted by molar-refractivity contribution is 0.0950. The molecular formula is C14H10Cl2N4O. The summed E-state index contributed by atoms with van der Waals surface area (Å²) >= 11 is 11.7. The lowest BCUT2D eigenvalue weighted by atomic mass is 10.2. The molecule has 0 aliphatic heterocycles. The van der Waals surface area contributed by atoms with Crippen molar-refractivity contribution in [3.63, 3.8) is 0 Å². The lowest BCUT2D eigenvalue weighted by Crippen LogP contribution is -2.24. The first-order chi connectivity index (χ1) is 10.1. The number of hydrogen-bond donors (Lipinski definition) is 1. The van der Waals surface area contributed by atoms with Crippen molar-refractivity contribution in [2.24, 2.45) is 0 Å². The minimum absolute atomic E-state index is 0.249. The molecule has 2 heterocycles. The summed E-state index contributed by atoms with van der Waals surface area (Å²) in [5, 5.41) is 11.6. The van der Waals surface area contributed by atoms with Crippen LogP contribution in [0.1, 0.15) is 16.2 Å². The van der Waals surface area contributed by atoms with E-state index in [4.69, 9.17) is 23.2 Å². The van der Waals surface area contributed by atoms with Crippen molar-refractivity contribution < 1.29 is 4.79 Å². The van der Waals surface area contributed by atoms with Crippen LogP contribution in [-0.2, 0) is 6.54 Å². The predicted molar refractivity (Wildman–Crippen MR) is 80.6 cm³/mol. The van der Waals surface area contributed by atoms with Crippen molar-refractivity contribution in [3.05, 3.63) is 64.0 Å². The summed E-state index contributed by atoms with van der Waals surface area (Å²) in [4.78, 5) is 12.1. The van der Waals surface area contributed by atoms with E-state index in [2.05, 4.69) is 15.5 Å². The van der Waals surface area contributed by atoms with Crippen LogP contribution in [0.15, 0.2) is 42.6 Å². The van der Waals surface area contributed by atoms with Gasteiger partial charge in [-0.2, -0.15) is 0 Å². The van der Waals surface area contributed by atoms with Gasteiger partial charge in [0.1, 0.15) is 0 Å². The standard InChI is InChI=1S/C14H10Cl2N4O/c15-10-5-4-9(7-11(10)16)14(21)17-8-13-19-18-12-3-1-2-6-20(12)13/h1-7H,8H2,(H,17,21). The molecule has 5 nitrogen and oxygen atoms in total. The van der Waals surface area contributed by atoms with Crippen molar-refractivity contribution in [2.75, 3.05) is 0 Å². The minimum Gasteiger partial charge on any atom is -0.345 e. The monoisotopic (exact) mass is 320 g/mol. The molecule has 21 heavy (non-hydrogen) atoms. The zero-order chi connectivity index (χ0) is 14.8. The van der Waals surface area contributed by atoms with E-state index < -0.39 is 0 Å². The van der Waals surface area contributed by atoms with Crippen LogP contribution >= 0.6 is 23.2 Å². The van der Waals surface area contributed by atoms with Gasteiger partial charge in [-0.05, 0) is 30.3 Å².